The SMILES string of the molecule is [C-]#[N+]C(=C1C(=C(C#N)c2cnc(C)nc2)C1=C(C#N)c1cnc([N+]#[C-])nc1)c1cnc(C#N)nc1. The van der Waals surface area contributed by atoms with Gasteiger partial charge in [0.05, 0.1) is 35.7 Å². The van der Waals surface area contributed by atoms with Gasteiger partial charge in [0.15, 0.2) is 0 Å². The van der Waals surface area contributed by atoms with Crippen molar-refractivity contribution in [1.82, 2.24) is 29.9 Å². The van der Waals surface area contributed by atoms with Gasteiger partial charge in [-0.15, -0.1) is 6.57 Å². The minimum absolute atomic E-state index is 0.0605. The summed E-state index contributed by atoms with van der Waals surface area (Å²) in [6.07, 6.45) is 8.32. The Bertz CT molecular complexity index is 1560. The Hall–Kier alpha value is -6.09. The Balaban J connectivity index is 2.04. The van der Waals surface area contributed by atoms with E-state index in [1.165, 1.54) is 37.2 Å². The molecule has 0 unspecified atom stereocenters. The Morgan fingerprint density at radius 1 is 0.714 bits per heavy atom. The van der Waals surface area contributed by atoms with Gasteiger partial charge < -0.3 is 4.85 Å². The zero-order chi connectivity index (χ0) is 24.9. The Labute approximate surface area is 199 Å². The maximum Gasteiger partial charge on any atom is 0.371 e. The van der Waals surface area contributed by atoms with Gasteiger partial charge in [-0.1, -0.05) is 0 Å². The molecule has 0 saturated heterocycles. The molecule has 1 aliphatic carbocycles. The van der Waals surface area contributed by atoms with E-state index in [4.69, 9.17) is 18.4 Å². The number of hydrogen-bond donors (Lipinski definition) is 0. The van der Waals surface area contributed by atoms with Crippen molar-refractivity contribution in [3.05, 3.63) is 105 Å². The first kappa shape index (κ1) is 22.1. The third-order valence-corrected chi connectivity index (χ3v) is 4.88. The minimum atomic E-state index is -0.0792. The Morgan fingerprint density at radius 3 is 1.63 bits per heavy atom. The van der Waals surface area contributed by atoms with Crippen LogP contribution in [0.4, 0.5) is 5.95 Å². The van der Waals surface area contributed by atoms with E-state index < -0.39 is 0 Å². The smallest absolute Gasteiger partial charge is 0.371 e. The third kappa shape index (κ3) is 4.06. The van der Waals surface area contributed by atoms with Gasteiger partial charge in [-0.25, -0.2) is 24.8 Å². The zero-order valence-electron chi connectivity index (χ0n) is 17.9. The predicted molar refractivity (Wildman–Crippen MR) is 120 cm³/mol. The second kappa shape index (κ2) is 9.18. The summed E-state index contributed by atoms with van der Waals surface area (Å²) < 4.78 is 0. The summed E-state index contributed by atoms with van der Waals surface area (Å²) >= 11 is 0. The average molecular weight is 451 g/mol. The van der Waals surface area contributed by atoms with E-state index in [2.05, 4.69) is 51.7 Å². The second-order valence-electron chi connectivity index (χ2n) is 6.87. The maximum atomic E-state index is 9.99. The number of allylic oxidation sites excluding steroid dienone is 5. The number of nitriles is 3. The van der Waals surface area contributed by atoms with Crippen LogP contribution in [0.1, 0.15) is 28.3 Å². The molecule has 0 aromatic carbocycles. The van der Waals surface area contributed by atoms with Gasteiger partial charge in [-0.05, 0) is 23.6 Å². The van der Waals surface area contributed by atoms with Gasteiger partial charge in [-0.3, -0.25) is 0 Å². The van der Waals surface area contributed by atoms with Crippen LogP contribution in [0.25, 0.3) is 26.5 Å². The van der Waals surface area contributed by atoms with Gasteiger partial charge in [-0.2, -0.15) is 25.8 Å². The van der Waals surface area contributed by atoms with Crippen molar-refractivity contribution in [3.63, 3.8) is 0 Å². The highest BCUT2D eigenvalue weighted by atomic mass is 15.0. The van der Waals surface area contributed by atoms with Crippen LogP contribution in [0.2, 0.25) is 0 Å². The normalized spacial score (nSPS) is 15.9. The molecule has 0 spiro atoms. The molecule has 3 aromatic heterocycles. The largest absolute Gasteiger partial charge is 0.394 e. The number of rotatable bonds is 3. The summed E-state index contributed by atoms with van der Waals surface area (Å²) in [5, 5.41) is 29.0. The molecule has 35 heavy (non-hydrogen) atoms. The van der Waals surface area contributed by atoms with E-state index in [-0.39, 0.29) is 28.6 Å². The van der Waals surface area contributed by atoms with Crippen molar-refractivity contribution in [2.45, 2.75) is 6.92 Å². The topological polar surface area (TPSA) is 157 Å². The highest BCUT2D eigenvalue weighted by molar-refractivity contribution is 6.10. The highest BCUT2D eigenvalue weighted by Gasteiger charge is 2.41. The van der Waals surface area contributed by atoms with Crippen LogP contribution >= 0.6 is 0 Å². The first-order chi connectivity index (χ1) is 17.1. The molecule has 0 radical (unpaired) electrons. The molecule has 3 aromatic rings. The number of aromatic nitrogens is 6. The van der Waals surface area contributed by atoms with E-state index in [1.807, 2.05) is 6.07 Å². The van der Waals surface area contributed by atoms with Crippen molar-refractivity contribution in [3.8, 4) is 18.2 Å². The number of hydrogen-bond acceptors (Lipinski definition) is 9. The van der Waals surface area contributed by atoms with E-state index in [9.17, 15) is 10.5 Å². The summed E-state index contributed by atoms with van der Waals surface area (Å²) in [7, 11) is 0. The summed E-state index contributed by atoms with van der Waals surface area (Å²) in [4.78, 5) is 30.7. The van der Waals surface area contributed by atoms with Gasteiger partial charge in [0, 0.05) is 35.9 Å². The second-order valence-corrected chi connectivity index (χ2v) is 6.87. The van der Waals surface area contributed by atoms with Crippen molar-refractivity contribution in [2.24, 2.45) is 0 Å². The van der Waals surface area contributed by atoms with Crippen LogP contribution in [0.3, 0.4) is 0 Å². The van der Waals surface area contributed by atoms with E-state index in [0.29, 0.717) is 39.2 Å². The lowest BCUT2D eigenvalue weighted by Crippen LogP contribution is -1.91. The van der Waals surface area contributed by atoms with E-state index >= 15 is 0 Å². The highest BCUT2D eigenvalue weighted by Crippen LogP contribution is 2.56. The monoisotopic (exact) mass is 451 g/mol. The van der Waals surface area contributed by atoms with Gasteiger partial charge in [0.25, 0.3) is 0 Å². The van der Waals surface area contributed by atoms with Crippen molar-refractivity contribution in [2.75, 3.05) is 0 Å². The molecule has 1 saturated carbocycles. The van der Waals surface area contributed by atoms with Crippen LogP contribution in [-0.2, 0) is 0 Å². The maximum absolute atomic E-state index is 9.99. The van der Waals surface area contributed by atoms with E-state index in [1.54, 1.807) is 6.92 Å². The quantitative estimate of drug-likeness (QED) is 0.430. The molecule has 0 amide bonds. The lowest BCUT2D eigenvalue weighted by molar-refractivity contribution is 1.05. The van der Waals surface area contributed by atoms with Crippen LogP contribution in [0.15, 0.2) is 53.9 Å². The molecule has 0 bridgehead atoms. The van der Waals surface area contributed by atoms with Crippen LogP contribution in [0, 0.1) is 54.1 Å². The number of nitrogens with zero attached hydrogens (tertiary/aromatic N) is 11. The minimum Gasteiger partial charge on any atom is -0.394 e. The summed E-state index contributed by atoms with van der Waals surface area (Å²) in [6, 6.07) is 6.05. The fraction of sp³-hybridized carbons (Fsp3) is 0.0417. The molecular formula is C24H9N11. The lowest BCUT2D eigenvalue weighted by atomic mass is 10.1. The number of aryl methyl sites for hydroxylation is 1. The van der Waals surface area contributed by atoms with Crippen molar-refractivity contribution in [1.29, 1.82) is 15.8 Å². The first-order valence-electron chi connectivity index (χ1n) is 9.69. The zero-order valence-corrected chi connectivity index (χ0v) is 17.9. The molecule has 3 heterocycles. The molecule has 0 aliphatic heterocycles. The fourth-order valence-corrected chi connectivity index (χ4v) is 3.26. The molecule has 1 aliphatic rings. The molecule has 11 nitrogen and oxygen atoms in total. The van der Waals surface area contributed by atoms with Crippen molar-refractivity contribution < 1.29 is 0 Å². The standard InChI is InChI=1S/C24H9N11/c1-13-30-7-14(8-31-13)17(4-25)20-21(18(5-26)15-9-34-24(29-3)35-10-15)22(20)23(28-2)16-11-32-19(6-27)33-12-16/h7-12H,1H3. The molecule has 0 atom stereocenters. The Kier molecular flexibility index (Phi) is 5.80. The third-order valence-electron chi connectivity index (χ3n) is 4.88. The molecule has 1 fully saturated rings. The predicted octanol–water partition coefficient (Wildman–Crippen LogP) is 3.39. The molecule has 0 N–H and O–H groups in total. The van der Waals surface area contributed by atoms with Gasteiger partial charge in [0.2, 0.25) is 11.5 Å². The van der Waals surface area contributed by atoms with E-state index in [0.717, 1.165) is 0 Å². The molecule has 11 heteroatoms. The van der Waals surface area contributed by atoms with Crippen LogP contribution in [-0.4, -0.2) is 29.9 Å². The lowest BCUT2D eigenvalue weighted by Gasteiger charge is -1.98. The molecular weight excluding hydrogens is 442 g/mol. The first-order valence-corrected chi connectivity index (χ1v) is 9.69. The average Bonchev–Trinajstić information content (AvgIpc) is 3.61. The van der Waals surface area contributed by atoms with Gasteiger partial charge in [0.1, 0.15) is 24.0 Å². The fourth-order valence-electron chi connectivity index (χ4n) is 3.26. The summed E-state index contributed by atoms with van der Waals surface area (Å²) in [6.45, 7) is 16.5. The summed E-state index contributed by atoms with van der Waals surface area (Å²) in [5.74, 6) is 0.379. The van der Waals surface area contributed by atoms with Crippen LogP contribution < -0.4 is 0 Å². The molecule has 160 valence electrons. The molecule has 4 rings (SSSR count). The van der Waals surface area contributed by atoms with Crippen LogP contribution in [0.5, 0.6) is 0 Å². The summed E-state index contributed by atoms with van der Waals surface area (Å²) in [5.41, 5.74) is 2.55. The van der Waals surface area contributed by atoms with Crippen molar-refractivity contribution >= 4 is 22.8 Å². The Morgan fingerprint density at radius 2 is 1.20 bits per heavy atom. The van der Waals surface area contributed by atoms with Gasteiger partial charge >= 0.3 is 5.95 Å².